The fourth-order valence-corrected chi connectivity index (χ4v) is 7.99. The highest BCUT2D eigenvalue weighted by Crippen LogP contribution is 2.36. The molecule has 0 aliphatic carbocycles. The molecule has 1 unspecified atom stereocenters. The van der Waals surface area contributed by atoms with Crippen LogP contribution in [-0.2, 0) is 50.8 Å². The number of hydrogen-bond donors (Lipinski definition) is 0. The lowest BCUT2D eigenvalue weighted by atomic mass is 9.84. The van der Waals surface area contributed by atoms with E-state index in [1.807, 2.05) is 79.2 Å². The van der Waals surface area contributed by atoms with E-state index in [4.69, 9.17) is 18.4 Å². The minimum Gasteiger partial charge on any atom is -0.497 e. The highest BCUT2D eigenvalue weighted by molar-refractivity contribution is 9.10. The molecule has 11 nitrogen and oxygen atoms in total. The molecular formula is C39H43BrN4O7S. The number of nitrogens with zero attached hydrogens (tertiary/aromatic N) is 4. The van der Waals surface area contributed by atoms with E-state index in [0.717, 1.165) is 73.0 Å². The molecule has 1 aliphatic rings. The van der Waals surface area contributed by atoms with Gasteiger partial charge in [0, 0.05) is 42.2 Å². The number of aryl methyl sites for hydroxylation is 3. The number of carbonyl (C=O) groups is 1. The van der Waals surface area contributed by atoms with Crippen molar-refractivity contribution in [3.05, 3.63) is 116 Å². The van der Waals surface area contributed by atoms with Crippen molar-refractivity contribution in [2.45, 2.75) is 72.2 Å². The van der Waals surface area contributed by atoms with Gasteiger partial charge in [-0.3, -0.25) is 4.79 Å². The second kappa shape index (κ2) is 16.6. The standard InChI is InChI=1S/C39H43BrN4O7S/c1-5-50-38(45)22-35(29-11-8-26(2)30(20-29)23-43-24-31-21-32(40)12-17-37(31)51-52(43,46)47)34-15-16-36-39(27(34)3)41-42-44(36)18-6-7-19-49-25-28-9-13-33(48-4)14-10-28/h8-17,20-21,35H,5-7,18-19,22-25H2,1-4H3. The summed E-state index contributed by atoms with van der Waals surface area (Å²) in [7, 11) is -2.36. The Morgan fingerprint density at radius 1 is 1.02 bits per heavy atom. The normalized spacial score (nSPS) is 14.5. The van der Waals surface area contributed by atoms with Crippen molar-refractivity contribution in [1.82, 2.24) is 19.3 Å². The monoisotopic (exact) mass is 790 g/mol. The molecule has 2 heterocycles. The first-order valence-electron chi connectivity index (χ1n) is 17.3. The van der Waals surface area contributed by atoms with Crippen LogP contribution in [0, 0.1) is 13.8 Å². The summed E-state index contributed by atoms with van der Waals surface area (Å²) in [4.78, 5) is 13.0. The number of methoxy groups -OCH3 is 1. The van der Waals surface area contributed by atoms with Crippen LogP contribution in [0.4, 0.5) is 0 Å². The lowest BCUT2D eigenvalue weighted by molar-refractivity contribution is -0.143. The number of unbranched alkanes of at least 4 members (excludes halogenated alkanes) is 1. The smallest absolute Gasteiger partial charge is 0.385 e. The summed E-state index contributed by atoms with van der Waals surface area (Å²) in [6, 6.07) is 23.1. The van der Waals surface area contributed by atoms with Gasteiger partial charge in [-0.2, -0.15) is 12.7 Å². The minimum atomic E-state index is -4.02. The van der Waals surface area contributed by atoms with E-state index < -0.39 is 10.3 Å². The lowest BCUT2D eigenvalue weighted by Gasteiger charge is -2.29. The molecule has 274 valence electrons. The molecule has 13 heteroatoms. The first-order chi connectivity index (χ1) is 25.1. The molecule has 0 amide bonds. The van der Waals surface area contributed by atoms with Crippen molar-refractivity contribution < 1.29 is 31.6 Å². The van der Waals surface area contributed by atoms with Gasteiger partial charge in [-0.05, 0) is 103 Å². The number of fused-ring (bicyclic) bond motifs is 2. The van der Waals surface area contributed by atoms with Crippen LogP contribution in [0.5, 0.6) is 11.5 Å². The number of ether oxygens (including phenoxy) is 3. The number of hydrogen-bond acceptors (Lipinski definition) is 9. The van der Waals surface area contributed by atoms with Crippen LogP contribution >= 0.6 is 15.9 Å². The molecule has 6 rings (SSSR count). The van der Waals surface area contributed by atoms with Crippen LogP contribution in [0.1, 0.15) is 71.0 Å². The molecule has 52 heavy (non-hydrogen) atoms. The molecule has 0 bridgehead atoms. The van der Waals surface area contributed by atoms with Crippen LogP contribution in [0.3, 0.4) is 0 Å². The molecule has 1 aromatic heterocycles. The van der Waals surface area contributed by atoms with E-state index in [1.54, 1.807) is 26.2 Å². The molecular weight excluding hydrogens is 748 g/mol. The molecule has 0 spiro atoms. The third kappa shape index (κ3) is 8.66. The molecule has 0 saturated carbocycles. The van der Waals surface area contributed by atoms with Gasteiger partial charge in [-0.1, -0.05) is 57.5 Å². The van der Waals surface area contributed by atoms with E-state index in [0.29, 0.717) is 25.5 Å². The number of rotatable bonds is 15. The summed E-state index contributed by atoms with van der Waals surface area (Å²) in [5.41, 5.74) is 8.04. The Balaban J connectivity index is 1.19. The molecule has 4 aromatic carbocycles. The quantitative estimate of drug-likeness (QED) is 0.0782. The third-order valence-electron chi connectivity index (χ3n) is 9.37. The number of benzene rings is 4. The summed E-state index contributed by atoms with van der Waals surface area (Å²) < 4.78 is 52.3. The highest BCUT2D eigenvalue weighted by Gasteiger charge is 2.32. The third-order valence-corrected chi connectivity index (χ3v) is 11.1. The Morgan fingerprint density at radius 2 is 1.83 bits per heavy atom. The zero-order chi connectivity index (χ0) is 36.8. The number of esters is 1. The average Bonchev–Trinajstić information content (AvgIpc) is 3.54. The molecule has 0 radical (unpaired) electrons. The van der Waals surface area contributed by atoms with Crippen LogP contribution in [0.25, 0.3) is 11.0 Å². The zero-order valence-electron chi connectivity index (χ0n) is 29.8. The molecule has 0 fully saturated rings. The maximum atomic E-state index is 13.2. The van der Waals surface area contributed by atoms with E-state index in [9.17, 15) is 13.2 Å². The van der Waals surface area contributed by atoms with Gasteiger partial charge < -0.3 is 18.4 Å². The maximum Gasteiger partial charge on any atom is 0.385 e. The largest absolute Gasteiger partial charge is 0.497 e. The van der Waals surface area contributed by atoms with Crippen LogP contribution in [0.15, 0.2) is 77.3 Å². The van der Waals surface area contributed by atoms with Gasteiger partial charge in [0.05, 0.1) is 32.3 Å². The van der Waals surface area contributed by atoms with Gasteiger partial charge in [-0.15, -0.1) is 5.10 Å². The van der Waals surface area contributed by atoms with Gasteiger partial charge in [0.1, 0.15) is 17.0 Å². The Bertz CT molecular complexity index is 2150. The fourth-order valence-electron chi connectivity index (χ4n) is 6.49. The molecule has 1 aliphatic heterocycles. The summed E-state index contributed by atoms with van der Waals surface area (Å²) in [5, 5.41) is 9.03. The SMILES string of the molecule is CCOC(=O)CC(c1ccc(C)c(CN2Cc3cc(Br)ccc3OS2(=O)=O)c1)c1ccc2c(nnn2CCCCOCc2ccc(OC)cc2)c1C. The van der Waals surface area contributed by atoms with Crippen LogP contribution in [0.2, 0.25) is 0 Å². The van der Waals surface area contributed by atoms with Crippen molar-refractivity contribution in [3.63, 3.8) is 0 Å². The van der Waals surface area contributed by atoms with E-state index in [-0.39, 0.29) is 38.0 Å². The number of aromatic nitrogens is 3. The van der Waals surface area contributed by atoms with Crippen LogP contribution < -0.4 is 8.92 Å². The summed E-state index contributed by atoms with van der Waals surface area (Å²) >= 11 is 3.47. The van der Waals surface area contributed by atoms with Crippen molar-refractivity contribution in [3.8, 4) is 11.5 Å². The number of carbonyl (C=O) groups excluding carboxylic acids is 1. The van der Waals surface area contributed by atoms with Gasteiger partial charge >= 0.3 is 16.3 Å². The van der Waals surface area contributed by atoms with Crippen molar-refractivity contribution in [2.24, 2.45) is 0 Å². The molecule has 1 atom stereocenters. The second-order valence-corrected chi connectivity index (χ2v) is 15.3. The summed E-state index contributed by atoms with van der Waals surface area (Å²) in [5.74, 6) is 0.476. The molecule has 0 N–H and O–H groups in total. The summed E-state index contributed by atoms with van der Waals surface area (Å²) in [6.07, 6.45) is 1.86. The highest BCUT2D eigenvalue weighted by atomic mass is 79.9. The lowest BCUT2D eigenvalue weighted by Crippen LogP contribution is -2.37. The fraction of sp³-hybridized carbons (Fsp3) is 0.359. The predicted octanol–water partition coefficient (Wildman–Crippen LogP) is 7.54. The molecule has 0 saturated heterocycles. The predicted molar refractivity (Wildman–Crippen MR) is 201 cm³/mol. The Morgan fingerprint density at radius 3 is 2.60 bits per heavy atom. The zero-order valence-corrected chi connectivity index (χ0v) is 32.2. The van der Waals surface area contributed by atoms with Gasteiger partial charge in [0.2, 0.25) is 0 Å². The first-order valence-corrected chi connectivity index (χ1v) is 19.5. The van der Waals surface area contributed by atoms with Crippen molar-refractivity contribution >= 4 is 43.2 Å². The maximum absolute atomic E-state index is 13.2. The Hall–Kier alpha value is -4.30. The van der Waals surface area contributed by atoms with Crippen molar-refractivity contribution in [2.75, 3.05) is 20.3 Å². The van der Waals surface area contributed by atoms with Crippen molar-refractivity contribution in [1.29, 1.82) is 0 Å². The average molecular weight is 792 g/mol. The first kappa shape index (κ1) is 37.5. The topological polar surface area (TPSA) is 122 Å². The Kier molecular flexibility index (Phi) is 11.9. The Labute approximate surface area is 313 Å². The van der Waals surface area contributed by atoms with Crippen LogP contribution in [-0.4, -0.2) is 54.0 Å². The van der Waals surface area contributed by atoms with E-state index in [2.05, 4.69) is 26.2 Å². The van der Waals surface area contributed by atoms with Gasteiger partial charge in [-0.25, -0.2) is 4.68 Å². The number of halogens is 1. The summed E-state index contributed by atoms with van der Waals surface area (Å²) in [6.45, 7) is 8.18. The minimum absolute atomic E-state index is 0.110. The van der Waals surface area contributed by atoms with E-state index >= 15 is 0 Å². The van der Waals surface area contributed by atoms with E-state index in [1.165, 1.54) is 4.31 Å². The second-order valence-electron chi connectivity index (χ2n) is 12.9. The van der Waals surface area contributed by atoms with Gasteiger partial charge in [0.15, 0.2) is 0 Å². The van der Waals surface area contributed by atoms with Gasteiger partial charge in [0.25, 0.3) is 0 Å². The molecule has 5 aromatic rings.